The Labute approximate surface area is 157 Å². The van der Waals surface area contributed by atoms with Gasteiger partial charge in [0.25, 0.3) is 0 Å². The molecule has 1 saturated heterocycles. The van der Waals surface area contributed by atoms with Crippen LogP contribution in [-0.2, 0) is 16.1 Å². The molecule has 9 nitrogen and oxygen atoms in total. The summed E-state index contributed by atoms with van der Waals surface area (Å²) in [6, 6.07) is 8.20. The molecule has 2 heterocycles. The molecule has 2 atom stereocenters. The highest BCUT2D eigenvalue weighted by molar-refractivity contribution is 5.76. The molecule has 1 aromatic carbocycles. The summed E-state index contributed by atoms with van der Waals surface area (Å²) in [5, 5.41) is 19.8. The summed E-state index contributed by atoms with van der Waals surface area (Å²) in [6.07, 6.45) is 2.40. The largest absolute Gasteiger partial charge is 0.355 e. The van der Waals surface area contributed by atoms with E-state index in [0.29, 0.717) is 31.4 Å². The van der Waals surface area contributed by atoms with Crippen LogP contribution in [0.2, 0.25) is 0 Å². The van der Waals surface area contributed by atoms with Crippen molar-refractivity contribution in [2.75, 3.05) is 13.6 Å². The fraction of sp³-hybridized carbons (Fsp3) is 0.500. The average molecular weight is 371 g/mol. The first-order valence-corrected chi connectivity index (χ1v) is 9.08. The van der Waals surface area contributed by atoms with Gasteiger partial charge in [0.1, 0.15) is 0 Å². The van der Waals surface area contributed by atoms with Crippen LogP contribution in [0, 0.1) is 0 Å². The van der Waals surface area contributed by atoms with Crippen LogP contribution in [0.4, 0.5) is 0 Å². The number of aromatic amines is 1. The Balaban J connectivity index is 1.48. The number of carbonyl (C=O) groups excluding carboxylic acids is 2. The maximum Gasteiger partial charge on any atom is 0.221 e. The van der Waals surface area contributed by atoms with Crippen LogP contribution in [0.3, 0.4) is 0 Å². The Hall–Kier alpha value is -2.81. The minimum atomic E-state index is -0.0207. The Morgan fingerprint density at radius 1 is 1.26 bits per heavy atom. The zero-order chi connectivity index (χ0) is 19.2. The van der Waals surface area contributed by atoms with Crippen molar-refractivity contribution >= 4 is 11.8 Å². The summed E-state index contributed by atoms with van der Waals surface area (Å²) in [4.78, 5) is 25.6. The molecule has 3 rings (SSSR count). The number of hydrogen-bond acceptors (Lipinski definition) is 6. The first-order valence-electron chi connectivity index (χ1n) is 9.08. The number of aromatic nitrogens is 4. The van der Waals surface area contributed by atoms with Gasteiger partial charge < -0.3 is 10.6 Å². The normalized spacial score (nSPS) is 19.8. The molecule has 0 unspecified atom stereocenters. The number of nitrogens with one attached hydrogen (secondary N) is 3. The summed E-state index contributed by atoms with van der Waals surface area (Å²) < 4.78 is 0. The highest BCUT2D eigenvalue weighted by Gasteiger charge is 2.31. The smallest absolute Gasteiger partial charge is 0.221 e. The first kappa shape index (κ1) is 19.0. The Kier molecular flexibility index (Phi) is 6.12. The molecule has 0 spiro atoms. The molecule has 3 N–H and O–H groups in total. The van der Waals surface area contributed by atoms with Crippen LogP contribution < -0.4 is 10.6 Å². The van der Waals surface area contributed by atoms with Crippen molar-refractivity contribution in [1.29, 1.82) is 0 Å². The van der Waals surface area contributed by atoms with E-state index >= 15 is 0 Å². The number of likely N-dealkylation sites (N-methyl/N-ethyl adjacent to an activating group) is 1. The van der Waals surface area contributed by atoms with Crippen LogP contribution in [0.5, 0.6) is 0 Å². The quantitative estimate of drug-likeness (QED) is 0.652. The fourth-order valence-corrected chi connectivity index (χ4v) is 3.44. The maximum atomic E-state index is 12.4. The first-order chi connectivity index (χ1) is 13.0. The number of amides is 2. The molecule has 27 heavy (non-hydrogen) atoms. The van der Waals surface area contributed by atoms with E-state index in [1.807, 2.05) is 31.3 Å². The summed E-state index contributed by atoms with van der Waals surface area (Å²) in [5.41, 5.74) is 1.83. The molecule has 2 amide bonds. The zero-order valence-electron chi connectivity index (χ0n) is 15.6. The summed E-state index contributed by atoms with van der Waals surface area (Å²) in [7, 11) is 2.02. The van der Waals surface area contributed by atoms with E-state index in [9.17, 15) is 9.59 Å². The molecule has 1 aliphatic rings. The summed E-state index contributed by atoms with van der Waals surface area (Å²) >= 11 is 0. The average Bonchev–Trinajstić information content (AvgIpc) is 3.30. The lowest BCUT2D eigenvalue weighted by molar-refractivity contribution is -0.122. The molecule has 2 aromatic rings. The minimum Gasteiger partial charge on any atom is -0.355 e. The Morgan fingerprint density at radius 3 is 2.81 bits per heavy atom. The van der Waals surface area contributed by atoms with Crippen LogP contribution in [0.15, 0.2) is 24.3 Å². The van der Waals surface area contributed by atoms with Crippen molar-refractivity contribution in [3.05, 3.63) is 29.8 Å². The van der Waals surface area contributed by atoms with Gasteiger partial charge in [-0.15, -0.1) is 10.2 Å². The van der Waals surface area contributed by atoms with Gasteiger partial charge in [-0.05, 0) is 36.7 Å². The summed E-state index contributed by atoms with van der Waals surface area (Å²) in [5.74, 6) is 0.533. The van der Waals surface area contributed by atoms with Crippen molar-refractivity contribution in [3.63, 3.8) is 0 Å². The van der Waals surface area contributed by atoms with Gasteiger partial charge >= 0.3 is 0 Å². The number of hydrogen-bond donors (Lipinski definition) is 3. The van der Waals surface area contributed by atoms with Crippen LogP contribution >= 0.6 is 0 Å². The Bertz CT molecular complexity index is 778. The van der Waals surface area contributed by atoms with Crippen molar-refractivity contribution in [2.24, 2.45) is 0 Å². The predicted molar refractivity (Wildman–Crippen MR) is 99.3 cm³/mol. The van der Waals surface area contributed by atoms with Crippen LogP contribution in [0.1, 0.15) is 31.7 Å². The molecule has 0 saturated carbocycles. The highest BCUT2D eigenvalue weighted by atomic mass is 16.2. The molecule has 1 aliphatic heterocycles. The highest BCUT2D eigenvalue weighted by Crippen LogP contribution is 2.24. The third kappa shape index (κ3) is 5.10. The van der Waals surface area contributed by atoms with Gasteiger partial charge in [-0.25, -0.2) is 0 Å². The number of nitrogens with zero attached hydrogens (tertiary/aromatic N) is 4. The molecular weight excluding hydrogens is 346 g/mol. The van der Waals surface area contributed by atoms with Crippen LogP contribution in [-0.4, -0.2) is 63.0 Å². The lowest BCUT2D eigenvalue weighted by Gasteiger charge is -2.25. The van der Waals surface area contributed by atoms with Crippen molar-refractivity contribution in [1.82, 2.24) is 36.2 Å². The molecule has 1 fully saturated rings. The van der Waals surface area contributed by atoms with Crippen molar-refractivity contribution in [3.8, 4) is 11.4 Å². The van der Waals surface area contributed by atoms with Gasteiger partial charge in [0.2, 0.25) is 17.6 Å². The van der Waals surface area contributed by atoms with Gasteiger partial charge in [0, 0.05) is 44.1 Å². The van der Waals surface area contributed by atoms with E-state index < -0.39 is 0 Å². The van der Waals surface area contributed by atoms with E-state index in [1.54, 1.807) is 0 Å². The number of tetrazole rings is 1. The third-order valence-corrected chi connectivity index (χ3v) is 5.01. The number of likely N-dealkylation sites (tertiary alicyclic amines) is 1. The molecule has 144 valence electrons. The summed E-state index contributed by atoms with van der Waals surface area (Å²) in [6.45, 7) is 2.61. The van der Waals surface area contributed by atoms with E-state index in [1.165, 1.54) is 6.92 Å². The van der Waals surface area contributed by atoms with E-state index in [0.717, 1.165) is 24.0 Å². The molecule has 0 aliphatic carbocycles. The minimum absolute atomic E-state index is 0.0207. The maximum absolute atomic E-state index is 12.4. The predicted octanol–water partition coefficient (Wildman–Crippen LogP) is 0.472. The number of benzene rings is 1. The number of rotatable bonds is 7. The van der Waals surface area contributed by atoms with Crippen molar-refractivity contribution in [2.45, 2.75) is 44.8 Å². The topological polar surface area (TPSA) is 116 Å². The Morgan fingerprint density at radius 2 is 2.07 bits per heavy atom. The number of carbonyl (C=O) groups is 2. The molecular formula is C18H25N7O2. The number of H-pyrrole nitrogens is 1. The second-order valence-corrected chi connectivity index (χ2v) is 6.90. The third-order valence-electron chi connectivity index (χ3n) is 5.01. The van der Waals surface area contributed by atoms with E-state index in [4.69, 9.17) is 0 Å². The van der Waals surface area contributed by atoms with Gasteiger partial charge in [0.05, 0.1) is 0 Å². The van der Waals surface area contributed by atoms with Gasteiger partial charge in [-0.2, -0.15) is 5.21 Å². The molecule has 0 bridgehead atoms. The lowest BCUT2D eigenvalue weighted by Crippen LogP contribution is -2.41. The molecule has 0 radical (unpaired) electrons. The fourth-order valence-electron chi connectivity index (χ4n) is 3.44. The van der Waals surface area contributed by atoms with E-state index in [-0.39, 0.29) is 17.9 Å². The lowest BCUT2D eigenvalue weighted by atomic mass is 10.1. The van der Waals surface area contributed by atoms with E-state index in [2.05, 4.69) is 36.2 Å². The zero-order valence-corrected chi connectivity index (χ0v) is 15.6. The molecule has 9 heteroatoms. The van der Waals surface area contributed by atoms with Gasteiger partial charge in [-0.3, -0.25) is 14.5 Å². The SMILES string of the molecule is CC(=O)NC[C@H]1CC[C@@H](CC(=O)NCc2cccc(-c3nn[nH]n3)c2)N1C. The van der Waals surface area contributed by atoms with Crippen molar-refractivity contribution < 1.29 is 9.59 Å². The standard InChI is InChI=1S/C18H25N7O2/c1-12(26)19-11-16-7-6-15(25(16)2)9-17(27)20-10-13-4-3-5-14(8-13)18-21-23-24-22-18/h3-5,8,15-16H,6-7,9-11H2,1-2H3,(H,19,26)(H,20,27)(H,21,22,23,24)/t15-,16+/m0/s1. The van der Waals surface area contributed by atoms with Gasteiger partial charge in [-0.1, -0.05) is 18.2 Å². The second-order valence-electron chi connectivity index (χ2n) is 6.90. The second kappa shape index (κ2) is 8.72. The van der Waals surface area contributed by atoms with Gasteiger partial charge in [0.15, 0.2) is 0 Å². The van der Waals surface area contributed by atoms with Crippen LogP contribution in [0.25, 0.3) is 11.4 Å². The monoisotopic (exact) mass is 371 g/mol. The molecule has 1 aromatic heterocycles.